The van der Waals surface area contributed by atoms with Crippen LogP contribution in [0.4, 0.5) is 10.1 Å². The van der Waals surface area contributed by atoms with Gasteiger partial charge in [0.2, 0.25) is 12.8 Å². The third-order valence-corrected chi connectivity index (χ3v) is 3.60. The molecule has 1 aliphatic rings. The van der Waals surface area contributed by atoms with E-state index < -0.39 is 6.86 Å². The Morgan fingerprint density at radius 3 is 2.95 bits per heavy atom. The van der Waals surface area contributed by atoms with Gasteiger partial charge in [-0.1, -0.05) is 29.8 Å². The van der Waals surface area contributed by atoms with Crippen LogP contribution < -0.4 is 10.1 Å². The lowest BCUT2D eigenvalue weighted by Crippen LogP contribution is -2.03. The summed E-state index contributed by atoms with van der Waals surface area (Å²) in [5, 5.41) is 3.14. The van der Waals surface area contributed by atoms with E-state index in [0.717, 1.165) is 22.4 Å². The molecule has 3 nitrogen and oxygen atoms in total. The fourth-order valence-electron chi connectivity index (χ4n) is 2.30. The second-order valence-electron chi connectivity index (χ2n) is 4.47. The third kappa shape index (κ3) is 2.23. The largest absolute Gasteiger partial charge is 0.461 e. The minimum absolute atomic E-state index is 0.0160. The highest BCUT2D eigenvalue weighted by molar-refractivity contribution is 6.34. The van der Waals surface area contributed by atoms with E-state index in [-0.39, 0.29) is 5.91 Å². The predicted molar refractivity (Wildman–Crippen MR) is 75.8 cm³/mol. The summed E-state index contributed by atoms with van der Waals surface area (Å²) >= 11 is 6.23. The van der Waals surface area contributed by atoms with Gasteiger partial charge in [0.25, 0.3) is 0 Å². The molecule has 0 bridgehead atoms. The van der Waals surface area contributed by atoms with Gasteiger partial charge >= 0.3 is 0 Å². The van der Waals surface area contributed by atoms with Gasteiger partial charge in [0, 0.05) is 11.3 Å². The highest BCUT2D eigenvalue weighted by atomic mass is 35.5. The Bertz CT molecular complexity index is 688. The van der Waals surface area contributed by atoms with Crippen molar-refractivity contribution in [1.82, 2.24) is 0 Å². The van der Waals surface area contributed by atoms with Crippen LogP contribution in [-0.2, 0) is 11.2 Å². The fraction of sp³-hybridized carbons (Fsp3) is 0.133. The van der Waals surface area contributed by atoms with E-state index >= 15 is 0 Å². The maximum atomic E-state index is 12.3. The number of hydrogen-bond acceptors (Lipinski definition) is 2. The van der Waals surface area contributed by atoms with E-state index in [1.165, 1.54) is 0 Å². The van der Waals surface area contributed by atoms with Crippen LogP contribution in [0.2, 0.25) is 5.02 Å². The number of halogens is 2. The van der Waals surface area contributed by atoms with Gasteiger partial charge in [-0.2, -0.15) is 0 Å². The Morgan fingerprint density at radius 2 is 2.15 bits per heavy atom. The molecule has 0 fully saturated rings. The Hall–Kier alpha value is -2.07. The molecule has 0 aromatic heterocycles. The van der Waals surface area contributed by atoms with Gasteiger partial charge < -0.3 is 10.1 Å². The minimum atomic E-state index is -0.925. The van der Waals surface area contributed by atoms with Crippen LogP contribution in [0, 0.1) is 0 Å². The molecule has 0 aliphatic carbocycles. The van der Waals surface area contributed by atoms with E-state index in [0.29, 0.717) is 17.2 Å². The van der Waals surface area contributed by atoms with Crippen molar-refractivity contribution in [3.8, 4) is 16.9 Å². The van der Waals surface area contributed by atoms with Crippen LogP contribution in [-0.4, -0.2) is 12.8 Å². The monoisotopic (exact) mass is 291 g/mol. The number of anilines is 1. The Kier molecular flexibility index (Phi) is 3.32. The van der Waals surface area contributed by atoms with E-state index in [1.54, 1.807) is 12.1 Å². The number of ether oxygens (including phenoxy) is 1. The number of alkyl halides is 1. The zero-order valence-electron chi connectivity index (χ0n) is 10.5. The molecular formula is C15H11ClFNO2. The molecule has 102 valence electrons. The van der Waals surface area contributed by atoms with Gasteiger partial charge in [-0.05, 0) is 29.3 Å². The minimum Gasteiger partial charge on any atom is -0.461 e. The van der Waals surface area contributed by atoms with Crippen molar-refractivity contribution in [2.45, 2.75) is 6.42 Å². The summed E-state index contributed by atoms with van der Waals surface area (Å²) in [6, 6.07) is 10.8. The quantitative estimate of drug-likeness (QED) is 0.934. The Balaban J connectivity index is 2.04. The second kappa shape index (κ2) is 5.13. The van der Waals surface area contributed by atoms with Crippen LogP contribution in [0.3, 0.4) is 0 Å². The number of nitrogens with one attached hydrogen (secondary N) is 1. The summed E-state index contributed by atoms with van der Waals surface area (Å²) in [4.78, 5) is 11.4. The van der Waals surface area contributed by atoms with Crippen molar-refractivity contribution < 1.29 is 13.9 Å². The van der Waals surface area contributed by atoms with Crippen molar-refractivity contribution >= 4 is 23.2 Å². The van der Waals surface area contributed by atoms with Crippen LogP contribution in [0.5, 0.6) is 5.75 Å². The predicted octanol–water partition coefficient (Wildman–Crippen LogP) is 3.81. The first-order valence-corrected chi connectivity index (χ1v) is 6.47. The normalized spacial score (nSPS) is 13.0. The first-order valence-electron chi connectivity index (χ1n) is 6.09. The molecule has 0 unspecified atom stereocenters. The number of amides is 1. The Morgan fingerprint density at radius 1 is 1.30 bits per heavy atom. The van der Waals surface area contributed by atoms with E-state index in [9.17, 15) is 9.18 Å². The van der Waals surface area contributed by atoms with Crippen LogP contribution >= 0.6 is 11.6 Å². The molecule has 0 atom stereocenters. The molecule has 1 heterocycles. The molecule has 0 spiro atoms. The van der Waals surface area contributed by atoms with Crippen molar-refractivity contribution in [1.29, 1.82) is 0 Å². The summed E-state index contributed by atoms with van der Waals surface area (Å²) in [5.74, 6) is 0.291. The summed E-state index contributed by atoms with van der Waals surface area (Å²) in [5.41, 5.74) is 3.38. The highest BCUT2D eigenvalue weighted by Gasteiger charge is 2.18. The van der Waals surface area contributed by atoms with Gasteiger partial charge in [-0.15, -0.1) is 0 Å². The number of benzene rings is 2. The average Bonchev–Trinajstić information content (AvgIpc) is 2.80. The highest BCUT2D eigenvalue weighted by Crippen LogP contribution is 2.37. The number of carbonyl (C=O) groups is 1. The maximum absolute atomic E-state index is 12.3. The van der Waals surface area contributed by atoms with Crippen molar-refractivity contribution in [2.75, 3.05) is 12.2 Å². The van der Waals surface area contributed by atoms with E-state index in [2.05, 4.69) is 5.32 Å². The van der Waals surface area contributed by atoms with Gasteiger partial charge in [-0.3, -0.25) is 4.79 Å². The van der Waals surface area contributed by atoms with Gasteiger partial charge in [0.15, 0.2) is 0 Å². The van der Waals surface area contributed by atoms with Crippen LogP contribution in [0.1, 0.15) is 5.56 Å². The van der Waals surface area contributed by atoms with Gasteiger partial charge in [-0.25, -0.2) is 4.39 Å². The van der Waals surface area contributed by atoms with E-state index in [1.807, 2.05) is 24.3 Å². The van der Waals surface area contributed by atoms with Crippen molar-refractivity contribution in [2.24, 2.45) is 0 Å². The number of hydrogen-bond donors (Lipinski definition) is 1. The molecule has 2 aromatic rings. The van der Waals surface area contributed by atoms with Crippen molar-refractivity contribution in [3.05, 3.63) is 47.0 Å². The van der Waals surface area contributed by atoms with E-state index in [4.69, 9.17) is 16.3 Å². The summed E-state index contributed by atoms with van der Waals surface area (Å²) in [6.45, 7) is -0.925. The molecule has 0 saturated carbocycles. The lowest BCUT2D eigenvalue weighted by atomic mass is 10.0. The maximum Gasteiger partial charge on any atom is 0.228 e. The van der Waals surface area contributed by atoms with Gasteiger partial charge in [0.05, 0.1) is 11.4 Å². The number of carbonyl (C=O) groups excluding carboxylic acids is 1. The summed E-state index contributed by atoms with van der Waals surface area (Å²) < 4.78 is 17.1. The first kappa shape index (κ1) is 12.9. The summed E-state index contributed by atoms with van der Waals surface area (Å²) in [7, 11) is 0. The zero-order valence-corrected chi connectivity index (χ0v) is 11.2. The SMILES string of the molecule is O=C1Cc2cc(-c3cccc(OCF)c3Cl)ccc2N1. The molecule has 3 rings (SSSR count). The molecule has 0 saturated heterocycles. The topological polar surface area (TPSA) is 38.3 Å². The third-order valence-electron chi connectivity index (χ3n) is 3.21. The molecule has 20 heavy (non-hydrogen) atoms. The molecule has 2 aromatic carbocycles. The fourth-order valence-corrected chi connectivity index (χ4v) is 2.59. The molecule has 1 amide bonds. The standard InChI is InChI=1S/C15H11ClFNO2/c16-15-11(2-1-3-13(15)20-8-17)9-4-5-12-10(6-9)7-14(19)18-12/h1-6H,7-8H2,(H,18,19). The van der Waals surface area contributed by atoms with Crippen LogP contribution in [0.25, 0.3) is 11.1 Å². The van der Waals surface area contributed by atoms with Crippen LogP contribution in [0.15, 0.2) is 36.4 Å². The lowest BCUT2D eigenvalue weighted by molar-refractivity contribution is -0.115. The smallest absolute Gasteiger partial charge is 0.228 e. The molecule has 0 radical (unpaired) electrons. The number of fused-ring (bicyclic) bond motifs is 1. The van der Waals surface area contributed by atoms with Gasteiger partial charge in [0.1, 0.15) is 5.75 Å². The second-order valence-corrected chi connectivity index (χ2v) is 4.85. The Labute approximate surface area is 120 Å². The molecular weight excluding hydrogens is 281 g/mol. The lowest BCUT2D eigenvalue weighted by Gasteiger charge is -2.10. The number of rotatable bonds is 3. The zero-order chi connectivity index (χ0) is 14.1. The molecule has 1 N–H and O–H groups in total. The molecule has 5 heteroatoms. The first-order chi connectivity index (χ1) is 9.69. The molecule has 1 aliphatic heterocycles. The summed E-state index contributed by atoms with van der Waals surface area (Å²) in [6.07, 6.45) is 0.363. The average molecular weight is 292 g/mol. The van der Waals surface area contributed by atoms with Crippen molar-refractivity contribution in [3.63, 3.8) is 0 Å².